The fourth-order valence-corrected chi connectivity index (χ4v) is 7.77. The third-order valence-electron chi connectivity index (χ3n) is 8.96. The van der Waals surface area contributed by atoms with Crippen LogP contribution in [0.1, 0.15) is 53.9 Å². The molecular formula is C22H32O7. The van der Waals surface area contributed by atoms with Gasteiger partial charge in [-0.25, -0.2) is 0 Å². The molecule has 4 aliphatic rings. The molecule has 3 aliphatic carbocycles. The molecule has 1 heterocycles. The summed E-state index contributed by atoms with van der Waals surface area (Å²) in [6.45, 7) is 9.05. The Kier molecular flexibility index (Phi) is 4.67. The van der Waals surface area contributed by atoms with E-state index in [2.05, 4.69) is 0 Å². The van der Waals surface area contributed by atoms with E-state index in [-0.39, 0.29) is 41.8 Å². The van der Waals surface area contributed by atoms with Crippen LogP contribution in [-0.2, 0) is 23.9 Å². The maximum absolute atomic E-state index is 13.4. The van der Waals surface area contributed by atoms with E-state index in [9.17, 15) is 24.6 Å². The van der Waals surface area contributed by atoms with Gasteiger partial charge in [0.15, 0.2) is 5.78 Å². The number of Topliss-reactive ketones (excluding diaryl/α,β-unsaturated/α-hetero) is 1. The van der Waals surface area contributed by atoms with Gasteiger partial charge in [-0.3, -0.25) is 14.4 Å². The first-order valence-corrected chi connectivity index (χ1v) is 10.7. The number of aliphatic hydroxyl groups is 2. The Morgan fingerprint density at radius 3 is 2.41 bits per heavy atom. The smallest absolute Gasteiger partial charge is 0.306 e. The van der Waals surface area contributed by atoms with Crippen molar-refractivity contribution >= 4 is 17.7 Å². The van der Waals surface area contributed by atoms with Crippen molar-refractivity contribution < 1.29 is 34.1 Å². The summed E-state index contributed by atoms with van der Waals surface area (Å²) in [5.41, 5.74) is -1.62. The van der Waals surface area contributed by atoms with Gasteiger partial charge in [0.05, 0.1) is 6.10 Å². The molecule has 0 bridgehead atoms. The van der Waals surface area contributed by atoms with Gasteiger partial charge in [-0.1, -0.05) is 27.7 Å². The molecule has 0 radical (unpaired) electrons. The van der Waals surface area contributed by atoms with E-state index in [1.807, 2.05) is 27.7 Å². The number of carbonyl (C=O) groups is 3. The van der Waals surface area contributed by atoms with Gasteiger partial charge in [0, 0.05) is 30.1 Å². The van der Waals surface area contributed by atoms with Crippen LogP contribution in [0.5, 0.6) is 0 Å². The fraction of sp³-hybridized carbons (Fsp3) is 0.864. The second kappa shape index (κ2) is 6.51. The molecule has 2 N–H and O–H groups in total. The van der Waals surface area contributed by atoms with Gasteiger partial charge in [0.2, 0.25) is 0 Å². The lowest BCUT2D eigenvalue weighted by atomic mass is 9.37. The Labute approximate surface area is 171 Å². The molecule has 0 unspecified atom stereocenters. The zero-order chi connectivity index (χ0) is 21.5. The number of ketones is 1. The van der Waals surface area contributed by atoms with Crippen molar-refractivity contribution in [1.82, 2.24) is 0 Å². The summed E-state index contributed by atoms with van der Waals surface area (Å²) >= 11 is 0. The van der Waals surface area contributed by atoms with Crippen molar-refractivity contribution in [2.45, 2.75) is 78.3 Å². The molecule has 29 heavy (non-hydrogen) atoms. The minimum atomic E-state index is -1.08. The largest absolute Gasteiger partial charge is 0.462 e. The summed E-state index contributed by atoms with van der Waals surface area (Å²) in [6, 6.07) is 0. The molecule has 1 saturated heterocycles. The van der Waals surface area contributed by atoms with Crippen molar-refractivity contribution in [3.63, 3.8) is 0 Å². The number of carbonyl (C=O) groups excluding carboxylic acids is 3. The number of esters is 2. The molecule has 0 aromatic rings. The van der Waals surface area contributed by atoms with Crippen molar-refractivity contribution in [2.75, 3.05) is 0 Å². The Morgan fingerprint density at radius 2 is 1.79 bits per heavy atom. The number of rotatable bonds is 1. The van der Waals surface area contributed by atoms with E-state index in [1.54, 1.807) is 0 Å². The minimum Gasteiger partial charge on any atom is -0.462 e. The first kappa shape index (κ1) is 20.8. The Bertz CT molecular complexity index is 749. The summed E-state index contributed by atoms with van der Waals surface area (Å²) < 4.78 is 11.4. The summed E-state index contributed by atoms with van der Waals surface area (Å²) in [5, 5.41) is 22.0. The fourth-order valence-electron chi connectivity index (χ4n) is 7.77. The second-order valence-corrected chi connectivity index (χ2v) is 10.3. The quantitative estimate of drug-likeness (QED) is 0.632. The number of hydrogen-bond donors (Lipinski definition) is 2. The highest BCUT2D eigenvalue weighted by molar-refractivity contribution is 5.90. The molecule has 0 aromatic carbocycles. The number of fused-ring (bicyclic) bond motifs is 2. The van der Waals surface area contributed by atoms with Crippen LogP contribution < -0.4 is 0 Å². The lowest BCUT2D eigenvalue weighted by molar-refractivity contribution is -0.284. The average molecular weight is 408 g/mol. The molecule has 0 amide bonds. The molecule has 7 heteroatoms. The van der Waals surface area contributed by atoms with Gasteiger partial charge in [-0.2, -0.15) is 0 Å². The number of hydrogen-bond acceptors (Lipinski definition) is 7. The average Bonchev–Trinajstić information content (AvgIpc) is 2.62. The number of aliphatic hydroxyl groups excluding tert-OH is 2. The van der Waals surface area contributed by atoms with Gasteiger partial charge < -0.3 is 19.7 Å². The molecule has 11 atom stereocenters. The molecular weight excluding hydrogens is 376 g/mol. The Balaban J connectivity index is 1.90. The minimum absolute atomic E-state index is 0.0371. The van der Waals surface area contributed by atoms with Crippen LogP contribution in [0.15, 0.2) is 0 Å². The SMILES string of the molecule is CC(=O)O[C@@H]1[C@H](C)[C@@H]2CC(=O)O[C@@H]3C[C@H]4[C@H](C)C[C@H](O)C(=O)[C@]4(C)[C@@H]([C@@H]1O)[C@@]32C. The van der Waals surface area contributed by atoms with E-state index >= 15 is 0 Å². The molecule has 0 aromatic heterocycles. The monoisotopic (exact) mass is 408 g/mol. The van der Waals surface area contributed by atoms with Gasteiger partial charge in [0.25, 0.3) is 0 Å². The predicted octanol–water partition coefficient (Wildman–Crippen LogP) is 1.48. The third kappa shape index (κ3) is 2.59. The predicted molar refractivity (Wildman–Crippen MR) is 101 cm³/mol. The highest BCUT2D eigenvalue weighted by Crippen LogP contribution is 2.68. The molecule has 3 saturated carbocycles. The van der Waals surface area contributed by atoms with Crippen LogP contribution in [0, 0.1) is 40.4 Å². The van der Waals surface area contributed by atoms with Crippen molar-refractivity contribution in [2.24, 2.45) is 40.4 Å². The zero-order valence-corrected chi connectivity index (χ0v) is 17.8. The Hall–Kier alpha value is -1.47. The highest BCUT2D eigenvalue weighted by atomic mass is 16.6. The lowest BCUT2D eigenvalue weighted by Crippen LogP contribution is -2.74. The maximum Gasteiger partial charge on any atom is 0.306 e. The van der Waals surface area contributed by atoms with E-state index in [4.69, 9.17) is 9.47 Å². The third-order valence-corrected chi connectivity index (χ3v) is 8.96. The standard InChI is InChI=1S/C22H32O7/c1-9-6-14(24)20(27)22(5)12(9)7-15-21(4)13(8-16(25)29-15)10(2)18(28-11(3)23)17(26)19(21)22/h9-10,12-15,17-19,24,26H,6-8H2,1-5H3/t9-,10-,12+,13+,14+,15-,17-,18-,19+,21-,22+/m1/s1. The molecule has 1 aliphatic heterocycles. The van der Waals surface area contributed by atoms with Crippen LogP contribution in [-0.4, -0.2) is 52.4 Å². The highest BCUT2D eigenvalue weighted by Gasteiger charge is 2.73. The first-order valence-electron chi connectivity index (χ1n) is 10.7. The maximum atomic E-state index is 13.4. The summed E-state index contributed by atoms with van der Waals surface area (Å²) in [7, 11) is 0. The zero-order valence-electron chi connectivity index (χ0n) is 17.8. The Morgan fingerprint density at radius 1 is 1.14 bits per heavy atom. The molecule has 162 valence electrons. The van der Waals surface area contributed by atoms with Crippen LogP contribution in [0.25, 0.3) is 0 Å². The van der Waals surface area contributed by atoms with Gasteiger partial charge in [0.1, 0.15) is 18.3 Å². The topological polar surface area (TPSA) is 110 Å². The van der Waals surface area contributed by atoms with E-state index in [1.165, 1.54) is 6.92 Å². The molecule has 4 fully saturated rings. The number of ether oxygens (including phenoxy) is 2. The van der Waals surface area contributed by atoms with E-state index in [0.29, 0.717) is 12.8 Å². The van der Waals surface area contributed by atoms with Gasteiger partial charge >= 0.3 is 11.9 Å². The van der Waals surface area contributed by atoms with Crippen LogP contribution in [0.4, 0.5) is 0 Å². The van der Waals surface area contributed by atoms with E-state index < -0.39 is 47.1 Å². The van der Waals surface area contributed by atoms with Crippen molar-refractivity contribution in [3.05, 3.63) is 0 Å². The van der Waals surface area contributed by atoms with Crippen molar-refractivity contribution in [1.29, 1.82) is 0 Å². The summed E-state index contributed by atoms with van der Waals surface area (Å²) in [6.07, 6.45) is -2.28. The van der Waals surface area contributed by atoms with Gasteiger partial charge in [-0.15, -0.1) is 0 Å². The van der Waals surface area contributed by atoms with Gasteiger partial charge in [-0.05, 0) is 36.5 Å². The molecule has 7 nitrogen and oxygen atoms in total. The summed E-state index contributed by atoms with van der Waals surface area (Å²) in [5.74, 6) is -2.15. The molecule has 4 rings (SSSR count). The second-order valence-electron chi connectivity index (χ2n) is 10.3. The normalized spacial score (nSPS) is 54.1. The summed E-state index contributed by atoms with van der Waals surface area (Å²) in [4.78, 5) is 37.6. The first-order chi connectivity index (χ1) is 13.4. The molecule has 0 spiro atoms. The van der Waals surface area contributed by atoms with Crippen LogP contribution in [0.2, 0.25) is 0 Å². The van der Waals surface area contributed by atoms with Crippen molar-refractivity contribution in [3.8, 4) is 0 Å². The van der Waals surface area contributed by atoms with Crippen LogP contribution in [0.3, 0.4) is 0 Å². The van der Waals surface area contributed by atoms with E-state index in [0.717, 1.165) is 0 Å². The lowest BCUT2D eigenvalue weighted by Gasteiger charge is -2.68. The van der Waals surface area contributed by atoms with Crippen LogP contribution >= 0.6 is 0 Å².